The average Bonchev–Trinajstić information content (AvgIpc) is 2.59. The molecule has 0 bridgehead atoms. The number of pyridine rings is 1. The van der Waals surface area contributed by atoms with Crippen LogP contribution in [0.4, 0.5) is 0 Å². The van der Waals surface area contributed by atoms with Crippen LogP contribution in [0, 0.1) is 6.92 Å². The van der Waals surface area contributed by atoms with Crippen LogP contribution in [0.15, 0.2) is 16.7 Å². The zero-order chi connectivity index (χ0) is 11.7. The molecule has 0 aliphatic rings. The first-order chi connectivity index (χ1) is 7.61. The van der Waals surface area contributed by atoms with Gasteiger partial charge in [-0.3, -0.25) is 0 Å². The van der Waals surface area contributed by atoms with Crippen molar-refractivity contribution in [2.75, 3.05) is 6.61 Å². The summed E-state index contributed by atoms with van der Waals surface area (Å²) in [5, 5.41) is 4.14. The van der Waals surface area contributed by atoms with Gasteiger partial charge in [0.1, 0.15) is 5.82 Å². The molecule has 2 rings (SSSR count). The van der Waals surface area contributed by atoms with Crippen LogP contribution in [0.5, 0.6) is 0 Å². The summed E-state index contributed by atoms with van der Waals surface area (Å²) < 4.78 is 7.20. The van der Waals surface area contributed by atoms with Crippen molar-refractivity contribution in [2.24, 2.45) is 0 Å². The molecule has 0 unspecified atom stereocenters. The third-order valence-corrected chi connectivity index (χ3v) is 2.59. The van der Waals surface area contributed by atoms with E-state index in [0.717, 1.165) is 4.47 Å². The first-order valence-electron chi connectivity index (χ1n) is 4.81. The highest BCUT2D eigenvalue weighted by atomic mass is 79.9. The molecule has 84 valence electrons. The minimum Gasteiger partial charge on any atom is -0.462 e. The lowest BCUT2D eigenvalue weighted by Crippen LogP contribution is -2.06. The van der Waals surface area contributed by atoms with Crippen LogP contribution >= 0.6 is 15.9 Å². The molecule has 6 heteroatoms. The van der Waals surface area contributed by atoms with Gasteiger partial charge in [-0.25, -0.2) is 14.3 Å². The van der Waals surface area contributed by atoms with Gasteiger partial charge in [0, 0.05) is 6.20 Å². The summed E-state index contributed by atoms with van der Waals surface area (Å²) in [6.07, 6.45) is 1.61. The Morgan fingerprint density at radius 1 is 1.62 bits per heavy atom. The van der Waals surface area contributed by atoms with E-state index in [2.05, 4.69) is 26.0 Å². The van der Waals surface area contributed by atoms with Gasteiger partial charge in [0.25, 0.3) is 0 Å². The molecule has 0 aromatic carbocycles. The number of rotatable bonds is 2. The summed E-state index contributed by atoms with van der Waals surface area (Å²) in [5.74, 6) is 0.292. The van der Waals surface area contributed by atoms with Crippen molar-refractivity contribution in [1.82, 2.24) is 14.6 Å². The lowest BCUT2D eigenvalue weighted by atomic mass is 10.3. The first-order valence-corrected chi connectivity index (χ1v) is 5.60. The minimum absolute atomic E-state index is 0.352. The molecule has 5 nitrogen and oxygen atoms in total. The van der Waals surface area contributed by atoms with E-state index >= 15 is 0 Å². The Hall–Kier alpha value is -1.43. The number of nitrogens with zero attached hydrogens (tertiary/aromatic N) is 3. The maximum Gasteiger partial charge on any atom is 0.339 e. The number of hydrogen-bond acceptors (Lipinski definition) is 4. The van der Waals surface area contributed by atoms with Crippen molar-refractivity contribution in [3.63, 3.8) is 0 Å². The lowest BCUT2D eigenvalue weighted by molar-refractivity contribution is 0.0525. The molecule has 2 heterocycles. The predicted molar refractivity (Wildman–Crippen MR) is 61.4 cm³/mol. The normalized spacial score (nSPS) is 10.7. The molecular weight excluding hydrogens is 274 g/mol. The van der Waals surface area contributed by atoms with Gasteiger partial charge in [-0.1, -0.05) is 0 Å². The summed E-state index contributed by atoms with van der Waals surface area (Å²) in [4.78, 5) is 15.8. The molecule has 0 saturated carbocycles. The molecule has 0 saturated heterocycles. The molecule has 0 amide bonds. The topological polar surface area (TPSA) is 56.5 Å². The largest absolute Gasteiger partial charge is 0.462 e. The Morgan fingerprint density at radius 3 is 3.06 bits per heavy atom. The molecule has 0 aliphatic carbocycles. The highest BCUT2D eigenvalue weighted by Crippen LogP contribution is 2.18. The van der Waals surface area contributed by atoms with Crippen molar-refractivity contribution in [2.45, 2.75) is 13.8 Å². The van der Waals surface area contributed by atoms with E-state index in [0.29, 0.717) is 23.6 Å². The van der Waals surface area contributed by atoms with Gasteiger partial charge >= 0.3 is 5.97 Å². The van der Waals surface area contributed by atoms with E-state index in [9.17, 15) is 4.79 Å². The average molecular weight is 284 g/mol. The van der Waals surface area contributed by atoms with Gasteiger partial charge in [-0.05, 0) is 35.8 Å². The van der Waals surface area contributed by atoms with Crippen molar-refractivity contribution in [3.8, 4) is 0 Å². The van der Waals surface area contributed by atoms with Gasteiger partial charge in [0.15, 0.2) is 5.65 Å². The van der Waals surface area contributed by atoms with Gasteiger partial charge in [-0.15, -0.1) is 0 Å². The van der Waals surface area contributed by atoms with Gasteiger partial charge < -0.3 is 4.74 Å². The number of halogens is 1. The second kappa shape index (κ2) is 4.21. The fourth-order valence-corrected chi connectivity index (χ4v) is 1.90. The number of hydrogen-bond donors (Lipinski definition) is 0. The third-order valence-electron chi connectivity index (χ3n) is 2.01. The quantitative estimate of drug-likeness (QED) is 0.791. The van der Waals surface area contributed by atoms with Crippen molar-refractivity contribution in [3.05, 3.63) is 28.1 Å². The molecule has 2 aromatic rings. The Balaban J connectivity index is 2.53. The second-order valence-electron chi connectivity index (χ2n) is 3.22. The van der Waals surface area contributed by atoms with Gasteiger partial charge in [0.05, 0.1) is 16.6 Å². The minimum atomic E-state index is -0.363. The maximum absolute atomic E-state index is 11.5. The molecule has 0 aliphatic heterocycles. The van der Waals surface area contributed by atoms with Crippen LogP contribution in [0.1, 0.15) is 23.1 Å². The number of carbonyl (C=O) groups excluding carboxylic acids is 1. The van der Waals surface area contributed by atoms with Crippen molar-refractivity contribution in [1.29, 1.82) is 0 Å². The summed E-state index contributed by atoms with van der Waals surface area (Å²) in [7, 11) is 0. The molecular formula is C10H10BrN3O2. The van der Waals surface area contributed by atoms with E-state index in [1.54, 1.807) is 30.6 Å². The van der Waals surface area contributed by atoms with E-state index in [1.807, 2.05) is 0 Å². The number of carbonyl (C=O) groups is 1. The van der Waals surface area contributed by atoms with Crippen LogP contribution in [0.2, 0.25) is 0 Å². The third kappa shape index (κ3) is 1.92. The molecule has 0 N–H and O–H groups in total. The highest BCUT2D eigenvalue weighted by molar-refractivity contribution is 9.10. The second-order valence-corrected chi connectivity index (χ2v) is 4.08. The smallest absolute Gasteiger partial charge is 0.339 e. The zero-order valence-electron chi connectivity index (χ0n) is 8.90. The highest BCUT2D eigenvalue weighted by Gasteiger charge is 2.12. The first kappa shape index (κ1) is 11.1. The Labute approximate surface area is 101 Å². The zero-order valence-corrected chi connectivity index (χ0v) is 10.5. The summed E-state index contributed by atoms with van der Waals surface area (Å²) in [6, 6.07) is 1.68. The molecule has 0 fully saturated rings. The number of aromatic nitrogens is 3. The molecule has 0 spiro atoms. The SMILES string of the molecule is CCOC(=O)c1cc(Br)c2nc(C)nn2c1. The van der Waals surface area contributed by atoms with Crippen LogP contribution in [-0.2, 0) is 4.74 Å². The van der Waals surface area contributed by atoms with E-state index < -0.39 is 0 Å². The van der Waals surface area contributed by atoms with Crippen LogP contribution in [-0.4, -0.2) is 27.2 Å². The van der Waals surface area contributed by atoms with E-state index in [1.165, 1.54) is 0 Å². The summed E-state index contributed by atoms with van der Waals surface area (Å²) in [6.45, 7) is 3.92. The Bertz CT molecular complexity index is 550. The van der Waals surface area contributed by atoms with Gasteiger partial charge in [-0.2, -0.15) is 5.10 Å². The lowest BCUT2D eigenvalue weighted by Gasteiger charge is -2.02. The standard InChI is InChI=1S/C10H10BrN3O2/c1-3-16-10(15)7-4-8(11)9-12-6(2)13-14(9)5-7/h4-5H,3H2,1-2H3. The maximum atomic E-state index is 11.5. The summed E-state index contributed by atoms with van der Waals surface area (Å²) >= 11 is 3.35. The number of fused-ring (bicyclic) bond motifs is 1. The Morgan fingerprint density at radius 2 is 2.38 bits per heavy atom. The fourth-order valence-electron chi connectivity index (χ4n) is 1.38. The fraction of sp³-hybridized carbons (Fsp3) is 0.300. The molecule has 2 aromatic heterocycles. The van der Waals surface area contributed by atoms with Crippen LogP contribution < -0.4 is 0 Å². The van der Waals surface area contributed by atoms with Gasteiger partial charge in [0.2, 0.25) is 0 Å². The van der Waals surface area contributed by atoms with Crippen molar-refractivity contribution >= 4 is 27.5 Å². The molecule has 16 heavy (non-hydrogen) atoms. The Kier molecular flexibility index (Phi) is 2.91. The number of esters is 1. The predicted octanol–water partition coefficient (Wildman–Crippen LogP) is 1.98. The van der Waals surface area contributed by atoms with Crippen molar-refractivity contribution < 1.29 is 9.53 Å². The van der Waals surface area contributed by atoms with Crippen LogP contribution in [0.25, 0.3) is 5.65 Å². The molecule has 0 atom stereocenters. The molecule has 0 radical (unpaired) electrons. The monoisotopic (exact) mass is 283 g/mol. The van der Waals surface area contributed by atoms with E-state index in [4.69, 9.17) is 4.74 Å². The van der Waals surface area contributed by atoms with E-state index in [-0.39, 0.29) is 5.97 Å². The summed E-state index contributed by atoms with van der Waals surface area (Å²) in [5.41, 5.74) is 1.14. The van der Waals surface area contributed by atoms with Crippen LogP contribution in [0.3, 0.4) is 0 Å². The number of aryl methyl sites for hydroxylation is 1. The number of ether oxygens (including phenoxy) is 1.